The minimum Gasteiger partial charge on any atom is -0.466 e. The lowest BCUT2D eigenvalue weighted by Crippen LogP contribution is -2.71. The van der Waals surface area contributed by atoms with E-state index in [1.54, 1.807) is 43.0 Å². The second-order valence-electron chi connectivity index (χ2n) is 7.45. The van der Waals surface area contributed by atoms with Crippen LogP contribution in [0.25, 0.3) is 0 Å². The van der Waals surface area contributed by atoms with E-state index in [1.807, 2.05) is 31.2 Å². The Bertz CT molecular complexity index is 1020. The van der Waals surface area contributed by atoms with Crippen molar-refractivity contribution >= 4 is 35.0 Å². The van der Waals surface area contributed by atoms with E-state index in [2.05, 4.69) is 5.32 Å². The van der Waals surface area contributed by atoms with Gasteiger partial charge in [0.25, 0.3) is 0 Å². The number of esters is 2. The van der Waals surface area contributed by atoms with Crippen LogP contribution >= 0.6 is 12.2 Å². The first-order chi connectivity index (χ1) is 14.9. The lowest BCUT2D eigenvalue weighted by Gasteiger charge is -2.55. The molecule has 8 heteroatoms. The van der Waals surface area contributed by atoms with E-state index in [-0.39, 0.29) is 18.6 Å². The normalized spacial score (nSPS) is 23.8. The topological polar surface area (TPSA) is 77.1 Å². The van der Waals surface area contributed by atoms with Crippen molar-refractivity contribution in [1.82, 2.24) is 5.32 Å². The summed E-state index contributed by atoms with van der Waals surface area (Å²) in [6.45, 7) is 5.93. The summed E-state index contributed by atoms with van der Waals surface area (Å²) in [5, 5.41) is 3.73. The van der Waals surface area contributed by atoms with Crippen LogP contribution in [0, 0.1) is 5.92 Å². The highest BCUT2D eigenvalue weighted by atomic mass is 32.1. The zero-order chi connectivity index (χ0) is 22.2. The Balaban J connectivity index is 1.78. The molecule has 0 saturated carbocycles. The molecule has 0 spiro atoms. The Morgan fingerprint density at radius 1 is 1.10 bits per heavy atom. The van der Waals surface area contributed by atoms with Crippen molar-refractivity contribution in [1.29, 1.82) is 0 Å². The number of hydrogen-bond acceptors (Lipinski definition) is 6. The third kappa shape index (κ3) is 3.50. The fraction of sp³-hybridized carbons (Fsp3) is 0.348. The van der Waals surface area contributed by atoms with Crippen molar-refractivity contribution in [2.24, 2.45) is 5.92 Å². The number of fused-ring (bicyclic) bond motifs is 4. The molecule has 2 aliphatic heterocycles. The number of hydrogen-bond donors (Lipinski definition) is 1. The third-order valence-corrected chi connectivity index (χ3v) is 5.88. The summed E-state index contributed by atoms with van der Waals surface area (Å²) in [6.07, 6.45) is 0. The van der Waals surface area contributed by atoms with Crippen LogP contribution in [0.4, 0.5) is 5.69 Å². The van der Waals surface area contributed by atoms with E-state index in [0.717, 1.165) is 5.56 Å². The molecule has 31 heavy (non-hydrogen) atoms. The van der Waals surface area contributed by atoms with Gasteiger partial charge in [0, 0.05) is 11.3 Å². The number of thiocarbonyl (C=S) groups is 1. The van der Waals surface area contributed by atoms with Gasteiger partial charge in [-0.15, -0.1) is 0 Å². The van der Waals surface area contributed by atoms with Crippen LogP contribution in [-0.4, -0.2) is 36.0 Å². The molecule has 2 bridgehead atoms. The van der Waals surface area contributed by atoms with Gasteiger partial charge in [-0.25, -0.2) is 4.79 Å². The average Bonchev–Trinajstić information content (AvgIpc) is 2.74. The molecule has 4 rings (SSSR count). The molecule has 162 valence electrons. The molecular formula is C23H24N2O5S. The van der Waals surface area contributed by atoms with Crippen molar-refractivity contribution in [3.05, 3.63) is 59.7 Å². The van der Waals surface area contributed by atoms with Gasteiger partial charge in [0.05, 0.1) is 24.8 Å². The molecule has 2 aliphatic rings. The number of carbonyl (C=O) groups is 2. The Morgan fingerprint density at radius 2 is 1.77 bits per heavy atom. The zero-order valence-corrected chi connectivity index (χ0v) is 18.4. The van der Waals surface area contributed by atoms with Gasteiger partial charge in [-0.1, -0.05) is 18.2 Å². The van der Waals surface area contributed by atoms with E-state index in [0.29, 0.717) is 28.7 Å². The molecule has 7 nitrogen and oxygen atoms in total. The maximum Gasteiger partial charge on any atom is 0.338 e. The van der Waals surface area contributed by atoms with Crippen LogP contribution in [0.2, 0.25) is 0 Å². The summed E-state index contributed by atoms with van der Waals surface area (Å²) in [5.41, 5.74) is 0.846. The van der Waals surface area contributed by atoms with Crippen molar-refractivity contribution in [2.75, 3.05) is 18.1 Å². The van der Waals surface area contributed by atoms with Crippen LogP contribution < -0.4 is 15.0 Å². The van der Waals surface area contributed by atoms with Crippen LogP contribution in [-0.2, 0) is 14.3 Å². The standard InChI is InChI=1S/C23H24N2O5S/c1-4-28-20(26)14-10-12-15(13-11-14)25-22(31)24-19-16-8-6-7-9-17(16)30-23(25,3)18(19)21(27)29-5-2/h6-13,18-19H,4-5H2,1-3H3,(H,24,31)/t18-,19+,23+/m0/s1. The van der Waals surface area contributed by atoms with Gasteiger partial charge in [-0.2, -0.15) is 0 Å². The van der Waals surface area contributed by atoms with E-state index >= 15 is 0 Å². The van der Waals surface area contributed by atoms with Gasteiger partial charge in [-0.05, 0) is 63.3 Å². The fourth-order valence-corrected chi connectivity index (χ4v) is 4.69. The highest BCUT2D eigenvalue weighted by molar-refractivity contribution is 7.80. The number of nitrogens with zero attached hydrogens (tertiary/aromatic N) is 1. The first-order valence-electron chi connectivity index (χ1n) is 10.2. The monoisotopic (exact) mass is 440 g/mol. The van der Waals surface area contributed by atoms with Gasteiger partial charge in [0.15, 0.2) is 5.11 Å². The Morgan fingerprint density at radius 3 is 2.45 bits per heavy atom. The first kappa shape index (κ1) is 21.1. The average molecular weight is 441 g/mol. The Labute approximate surface area is 186 Å². The molecule has 0 radical (unpaired) electrons. The van der Waals surface area contributed by atoms with Gasteiger partial charge in [0.2, 0.25) is 5.72 Å². The summed E-state index contributed by atoms with van der Waals surface area (Å²) in [4.78, 5) is 26.8. The molecule has 1 N–H and O–H groups in total. The second kappa shape index (κ2) is 8.19. The van der Waals surface area contributed by atoms with Gasteiger partial charge in [0.1, 0.15) is 11.7 Å². The van der Waals surface area contributed by atoms with Crippen molar-refractivity contribution in [3.63, 3.8) is 0 Å². The van der Waals surface area contributed by atoms with Gasteiger partial charge >= 0.3 is 11.9 Å². The van der Waals surface area contributed by atoms with E-state index in [4.69, 9.17) is 26.4 Å². The van der Waals surface area contributed by atoms with E-state index in [9.17, 15) is 9.59 Å². The lowest BCUT2D eigenvalue weighted by molar-refractivity contribution is -0.159. The van der Waals surface area contributed by atoms with Crippen LogP contribution in [0.15, 0.2) is 48.5 Å². The second-order valence-corrected chi connectivity index (χ2v) is 7.84. The minimum atomic E-state index is -1.13. The maximum absolute atomic E-state index is 13.1. The van der Waals surface area contributed by atoms with Crippen molar-refractivity contribution in [3.8, 4) is 5.75 Å². The number of ether oxygens (including phenoxy) is 3. The number of nitrogens with one attached hydrogen (secondary N) is 1. The third-order valence-electron chi connectivity index (χ3n) is 5.58. The summed E-state index contributed by atoms with van der Waals surface area (Å²) in [5.74, 6) is -0.753. The molecule has 3 atom stereocenters. The van der Waals surface area contributed by atoms with Gasteiger partial charge < -0.3 is 19.5 Å². The largest absolute Gasteiger partial charge is 0.466 e. The Kier molecular flexibility index (Phi) is 5.58. The summed E-state index contributed by atoms with van der Waals surface area (Å²) >= 11 is 5.69. The SMILES string of the molecule is CCOC(=O)c1ccc(N2C(=S)N[C@@H]3c4ccccc4O[C@]2(C)[C@@H]3C(=O)OCC)cc1. The van der Waals surface area contributed by atoms with E-state index < -0.39 is 17.6 Å². The molecule has 0 aromatic heterocycles. The molecule has 0 unspecified atom stereocenters. The predicted octanol–water partition coefficient (Wildman–Crippen LogP) is 3.59. The van der Waals surface area contributed by atoms with Crippen LogP contribution in [0.1, 0.15) is 42.7 Å². The number of benzene rings is 2. The summed E-state index contributed by atoms with van der Waals surface area (Å²) < 4.78 is 16.9. The first-order valence-corrected chi connectivity index (χ1v) is 10.6. The van der Waals surface area contributed by atoms with Crippen LogP contribution in [0.5, 0.6) is 5.75 Å². The predicted molar refractivity (Wildman–Crippen MR) is 119 cm³/mol. The highest BCUT2D eigenvalue weighted by Gasteiger charge is 2.59. The number of para-hydroxylation sites is 1. The maximum atomic E-state index is 13.1. The lowest BCUT2D eigenvalue weighted by atomic mass is 9.79. The van der Waals surface area contributed by atoms with E-state index in [1.165, 1.54) is 0 Å². The Hall–Kier alpha value is -3.13. The molecule has 1 saturated heterocycles. The van der Waals surface area contributed by atoms with Crippen molar-refractivity contribution in [2.45, 2.75) is 32.5 Å². The molecule has 1 fully saturated rings. The molecule has 0 aliphatic carbocycles. The zero-order valence-electron chi connectivity index (χ0n) is 17.6. The molecule has 0 amide bonds. The van der Waals surface area contributed by atoms with Crippen molar-refractivity contribution < 1.29 is 23.8 Å². The number of rotatable bonds is 5. The van der Waals surface area contributed by atoms with Gasteiger partial charge in [-0.3, -0.25) is 9.69 Å². The smallest absolute Gasteiger partial charge is 0.338 e. The quantitative estimate of drug-likeness (QED) is 0.558. The fourth-order valence-electron chi connectivity index (χ4n) is 4.27. The molecule has 2 aromatic carbocycles. The number of anilines is 1. The molecule has 2 heterocycles. The number of carbonyl (C=O) groups excluding carboxylic acids is 2. The molecular weight excluding hydrogens is 416 g/mol. The summed E-state index contributed by atoms with van der Waals surface area (Å²) in [6, 6.07) is 14.1. The minimum absolute atomic E-state index is 0.262. The highest BCUT2D eigenvalue weighted by Crippen LogP contribution is 2.49. The molecule has 2 aromatic rings. The summed E-state index contributed by atoms with van der Waals surface area (Å²) in [7, 11) is 0. The van der Waals surface area contributed by atoms with Crippen LogP contribution in [0.3, 0.4) is 0 Å².